The molecule has 1 aliphatic rings. The van der Waals surface area contributed by atoms with Crippen molar-refractivity contribution in [1.82, 2.24) is 4.90 Å². The molecule has 1 heterocycles. The minimum Gasteiger partial charge on any atom is -0.295 e. The number of rotatable bonds is 4. The third-order valence-electron chi connectivity index (χ3n) is 3.08. The van der Waals surface area contributed by atoms with Gasteiger partial charge in [-0.05, 0) is 30.9 Å². The molecule has 0 N–H and O–H groups in total. The first-order chi connectivity index (χ1) is 9.16. The van der Waals surface area contributed by atoms with Crippen molar-refractivity contribution in [1.29, 1.82) is 0 Å². The summed E-state index contributed by atoms with van der Waals surface area (Å²) < 4.78 is 0. The van der Waals surface area contributed by atoms with Gasteiger partial charge in [0.2, 0.25) is 0 Å². The third kappa shape index (κ3) is 4.04. The maximum Gasteiger partial charge on any atom is 0.269 e. The molecule has 102 valence electrons. The number of carbonyl (C=O) groups excluding carboxylic acids is 1. The summed E-state index contributed by atoms with van der Waals surface area (Å²) in [4.78, 5) is 24.3. The lowest BCUT2D eigenvalue weighted by Crippen LogP contribution is -2.31. The fourth-order valence-corrected chi connectivity index (χ4v) is 2.94. The zero-order valence-electron chi connectivity index (χ0n) is 10.6. The molecule has 5 nitrogen and oxygen atoms in total. The van der Waals surface area contributed by atoms with Crippen LogP contribution in [-0.4, -0.2) is 46.7 Å². The van der Waals surface area contributed by atoms with Crippen LogP contribution < -0.4 is 0 Å². The van der Waals surface area contributed by atoms with Crippen molar-refractivity contribution in [3.8, 4) is 0 Å². The van der Waals surface area contributed by atoms with Gasteiger partial charge < -0.3 is 0 Å². The lowest BCUT2D eigenvalue weighted by Gasteiger charge is -2.18. The van der Waals surface area contributed by atoms with Crippen LogP contribution in [-0.2, 0) is 0 Å². The molecule has 0 radical (unpaired) electrons. The second kappa shape index (κ2) is 6.68. The Morgan fingerprint density at radius 2 is 2.00 bits per heavy atom. The van der Waals surface area contributed by atoms with Crippen molar-refractivity contribution in [2.75, 3.05) is 31.1 Å². The van der Waals surface area contributed by atoms with Gasteiger partial charge in [0.05, 0.1) is 11.5 Å². The van der Waals surface area contributed by atoms with Crippen LogP contribution in [0.1, 0.15) is 16.8 Å². The summed E-state index contributed by atoms with van der Waals surface area (Å²) in [6, 6.07) is 5.83. The number of thioether (sulfide) groups is 1. The maximum absolute atomic E-state index is 12.1. The number of hydrogen-bond acceptors (Lipinski definition) is 5. The largest absolute Gasteiger partial charge is 0.295 e. The van der Waals surface area contributed by atoms with Crippen LogP contribution in [0, 0.1) is 10.1 Å². The highest BCUT2D eigenvalue weighted by molar-refractivity contribution is 7.99. The Hall–Kier alpha value is -1.40. The number of benzene rings is 1. The lowest BCUT2D eigenvalue weighted by atomic mass is 10.1. The van der Waals surface area contributed by atoms with Crippen molar-refractivity contribution in [2.24, 2.45) is 0 Å². The number of carbonyl (C=O) groups is 1. The van der Waals surface area contributed by atoms with Gasteiger partial charge in [0.1, 0.15) is 0 Å². The molecule has 0 aliphatic carbocycles. The Morgan fingerprint density at radius 3 is 2.68 bits per heavy atom. The van der Waals surface area contributed by atoms with E-state index in [1.54, 1.807) is 0 Å². The van der Waals surface area contributed by atoms with Gasteiger partial charge in [-0.3, -0.25) is 19.8 Å². The smallest absolute Gasteiger partial charge is 0.269 e. The van der Waals surface area contributed by atoms with Crippen LogP contribution in [0.4, 0.5) is 5.69 Å². The van der Waals surface area contributed by atoms with Crippen LogP contribution in [0.15, 0.2) is 24.3 Å². The molecule has 0 unspecified atom stereocenters. The van der Waals surface area contributed by atoms with Crippen LogP contribution in [0.2, 0.25) is 0 Å². The molecule has 2 rings (SSSR count). The molecule has 0 bridgehead atoms. The number of hydrogen-bond donors (Lipinski definition) is 0. The van der Waals surface area contributed by atoms with Gasteiger partial charge in [0.15, 0.2) is 5.78 Å². The molecule has 19 heavy (non-hydrogen) atoms. The van der Waals surface area contributed by atoms with Gasteiger partial charge >= 0.3 is 0 Å². The average molecular weight is 280 g/mol. The zero-order valence-corrected chi connectivity index (χ0v) is 11.4. The molecular weight excluding hydrogens is 264 g/mol. The molecule has 1 fully saturated rings. The molecule has 1 aromatic rings. The topological polar surface area (TPSA) is 63.5 Å². The second-order valence-electron chi connectivity index (χ2n) is 4.47. The third-order valence-corrected chi connectivity index (χ3v) is 4.13. The fourth-order valence-electron chi connectivity index (χ4n) is 2.02. The highest BCUT2D eigenvalue weighted by Crippen LogP contribution is 2.14. The van der Waals surface area contributed by atoms with E-state index < -0.39 is 4.92 Å². The summed E-state index contributed by atoms with van der Waals surface area (Å²) >= 11 is 1.92. The molecule has 1 saturated heterocycles. The first kappa shape index (κ1) is 14.0. The number of Topliss-reactive ketones (excluding diaryl/α,β-unsaturated/α-hetero) is 1. The van der Waals surface area contributed by atoms with Gasteiger partial charge in [-0.15, -0.1) is 0 Å². The van der Waals surface area contributed by atoms with Crippen LogP contribution in [0.3, 0.4) is 0 Å². The molecule has 1 aromatic carbocycles. The van der Waals surface area contributed by atoms with E-state index in [0.717, 1.165) is 31.0 Å². The number of nitro groups is 1. The monoisotopic (exact) mass is 280 g/mol. The van der Waals surface area contributed by atoms with E-state index in [9.17, 15) is 14.9 Å². The molecule has 0 atom stereocenters. The Kier molecular flexibility index (Phi) is 4.93. The molecule has 1 aliphatic heterocycles. The molecule has 0 amide bonds. The summed E-state index contributed by atoms with van der Waals surface area (Å²) in [6.07, 6.45) is 1.11. The highest BCUT2D eigenvalue weighted by Gasteiger charge is 2.15. The Bertz CT molecular complexity index is 453. The minimum absolute atomic E-state index is 0.0164. The van der Waals surface area contributed by atoms with E-state index in [4.69, 9.17) is 0 Å². The van der Waals surface area contributed by atoms with Crippen molar-refractivity contribution < 1.29 is 9.72 Å². The fraction of sp³-hybridized carbons (Fsp3) is 0.462. The van der Waals surface area contributed by atoms with Crippen molar-refractivity contribution >= 4 is 23.2 Å². The van der Waals surface area contributed by atoms with Gasteiger partial charge in [-0.25, -0.2) is 0 Å². The molecule has 6 heteroatoms. The number of nitrogens with zero attached hydrogens (tertiary/aromatic N) is 2. The number of nitro benzene ring substituents is 1. The number of non-ortho nitro benzene ring substituents is 1. The Labute approximate surface area is 116 Å². The van der Waals surface area contributed by atoms with Crippen molar-refractivity contribution in [3.05, 3.63) is 39.9 Å². The van der Waals surface area contributed by atoms with E-state index in [0.29, 0.717) is 12.1 Å². The molecule has 0 spiro atoms. The Balaban J connectivity index is 1.96. The normalized spacial score (nSPS) is 16.8. The van der Waals surface area contributed by atoms with E-state index in [1.807, 2.05) is 11.8 Å². The summed E-state index contributed by atoms with van der Waals surface area (Å²) in [5, 5.41) is 10.5. The standard InChI is InChI=1S/C13H16N2O3S/c16-13(10-14-6-1-8-19-9-7-14)11-2-4-12(5-3-11)15(17)18/h2-5H,1,6-10H2. The van der Waals surface area contributed by atoms with E-state index in [1.165, 1.54) is 24.3 Å². The Morgan fingerprint density at radius 1 is 1.26 bits per heavy atom. The summed E-state index contributed by atoms with van der Waals surface area (Å²) in [7, 11) is 0. The van der Waals surface area contributed by atoms with Crippen LogP contribution in [0.25, 0.3) is 0 Å². The van der Waals surface area contributed by atoms with E-state index in [-0.39, 0.29) is 11.5 Å². The predicted octanol–water partition coefficient (Wildman–Crippen LogP) is 2.22. The minimum atomic E-state index is -0.458. The summed E-state index contributed by atoms with van der Waals surface area (Å²) in [5.74, 6) is 2.25. The van der Waals surface area contributed by atoms with Crippen LogP contribution in [0.5, 0.6) is 0 Å². The summed E-state index contributed by atoms with van der Waals surface area (Å²) in [5.41, 5.74) is 0.560. The molecular formula is C13H16N2O3S. The number of ketones is 1. The zero-order chi connectivity index (χ0) is 13.7. The predicted molar refractivity (Wildman–Crippen MR) is 75.8 cm³/mol. The SMILES string of the molecule is O=C(CN1CCCSCC1)c1ccc([N+](=O)[O-])cc1. The van der Waals surface area contributed by atoms with Gasteiger partial charge in [-0.1, -0.05) is 0 Å². The van der Waals surface area contributed by atoms with Crippen molar-refractivity contribution in [3.63, 3.8) is 0 Å². The first-order valence-electron chi connectivity index (χ1n) is 6.24. The first-order valence-corrected chi connectivity index (χ1v) is 7.40. The van der Waals surface area contributed by atoms with Gasteiger partial charge in [0.25, 0.3) is 5.69 Å². The molecule has 0 saturated carbocycles. The lowest BCUT2D eigenvalue weighted by molar-refractivity contribution is -0.384. The summed E-state index contributed by atoms with van der Waals surface area (Å²) in [6.45, 7) is 2.29. The van der Waals surface area contributed by atoms with Crippen molar-refractivity contribution in [2.45, 2.75) is 6.42 Å². The van der Waals surface area contributed by atoms with Gasteiger partial charge in [0, 0.05) is 30.0 Å². The average Bonchev–Trinajstić information content (AvgIpc) is 2.67. The maximum atomic E-state index is 12.1. The quantitative estimate of drug-likeness (QED) is 0.481. The van der Waals surface area contributed by atoms with Gasteiger partial charge in [-0.2, -0.15) is 11.8 Å². The van der Waals surface area contributed by atoms with Crippen LogP contribution >= 0.6 is 11.8 Å². The van der Waals surface area contributed by atoms with E-state index >= 15 is 0 Å². The highest BCUT2D eigenvalue weighted by atomic mass is 32.2. The van der Waals surface area contributed by atoms with E-state index in [2.05, 4.69) is 4.90 Å². The second-order valence-corrected chi connectivity index (χ2v) is 5.69. The molecule has 0 aromatic heterocycles.